The van der Waals surface area contributed by atoms with Crippen LogP contribution in [0.3, 0.4) is 0 Å². The minimum Gasteiger partial charge on any atom is -0.150 e. The van der Waals surface area contributed by atoms with E-state index in [1.807, 2.05) is 23.5 Å². The second kappa shape index (κ2) is 7.48. The van der Waals surface area contributed by atoms with Crippen LogP contribution >= 0.6 is 23.5 Å². The first kappa shape index (κ1) is 19.7. The summed E-state index contributed by atoms with van der Waals surface area (Å²) in [5.41, 5.74) is 2.34. The number of rotatable bonds is 3. The number of fused-ring (bicyclic) bond motifs is 5. The lowest BCUT2D eigenvalue weighted by Gasteiger charge is -2.57. The third kappa shape index (κ3) is 2.91. The van der Waals surface area contributed by atoms with Crippen molar-refractivity contribution in [1.82, 2.24) is 0 Å². The van der Waals surface area contributed by atoms with Gasteiger partial charge in [0.1, 0.15) is 6.04 Å². The highest BCUT2D eigenvalue weighted by Gasteiger charge is 2.60. The first-order chi connectivity index (χ1) is 13.6. The molecule has 3 fully saturated rings. The van der Waals surface area contributed by atoms with Crippen molar-refractivity contribution in [1.29, 1.82) is 0 Å². The van der Waals surface area contributed by atoms with Gasteiger partial charge in [-0.1, -0.05) is 42.8 Å². The molecule has 0 spiro atoms. The van der Waals surface area contributed by atoms with Gasteiger partial charge in [-0.3, -0.25) is 0 Å². The summed E-state index contributed by atoms with van der Waals surface area (Å²) in [4.78, 5) is 12.0. The van der Waals surface area contributed by atoms with Crippen LogP contribution in [0.25, 0.3) is 0 Å². The number of thioether (sulfide) groups is 2. The Balaban J connectivity index is 1.42. The highest BCUT2D eigenvalue weighted by molar-refractivity contribution is 8.17. The van der Waals surface area contributed by atoms with Gasteiger partial charge in [0.25, 0.3) is 0 Å². The fourth-order valence-corrected chi connectivity index (χ4v) is 11.0. The second-order valence-electron chi connectivity index (χ2n) is 10.4. The standard InChI is InChI=1S/C24H35NOS2/c1-23-12-4-3-6-16(23)7-8-17-18-9-10-20(24(18,2)13-11-19(17)23)21(25-26)22-27-14-5-15-28-22/h4,7,12,17-22H,3,5-6,8-11,13-15H2,1-2H3. The highest BCUT2D eigenvalue weighted by atomic mass is 32.2. The van der Waals surface area contributed by atoms with Gasteiger partial charge < -0.3 is 0 Å². The summed E-state index contributed by atoms with van der Waals surface area (Å²) in [5, 5.41) is 3.80. The highest BCUT2D eigenvalue weighted by Crippen LogP contribution is 2.66. The molecule has 1 saturated heterocycles. The Hall–Kier alpha value is -0.220. The normalized spacial score (nSPS) is 46.9. The van der Waals surface area contributed by atoms with Gasteiger partial charge in [-0.25, -0.2) is 0 Å². The van der Waals surface area contributed by atoms with Crippen LogP contribution in [0.1, 0.15) is 65.2 Å². The summed E-state index contributed by atoms with van der Waals surface area (Å²) in [7, 11) is 0. The van der Waals surface area contributed by atoms with Crippen LogP contribution in [0, 0.1) is 39.4 Å². The van der Waals surface area contributed by atoms with Crippen LogP contribution in [-0.2, 0) is 0 Å². The summed E-state index contributed by atoms with van der Waals surface area (Å²) in [6.07, 6.45) is 17.9. The average Bonchev–Trinajstić information content (AvgIpc) is 3.06. The Kier molecular flexibility index (Phi) is 5.27. The lowest BCUT2D eigenvalue weighted by atomic mass is 9.48. The zero-order valence-electron chi connectivity index (χ0n) is 17.4. The van der Waals surface area contributed by atoms with Crippen molar-refractivity contribution in [3.8, 4) is 0 Å². The van der Waals surface area contributed by atoms with Crippen molar-refractivity contribution in [3.05, 3.63) is 28.7 Å². The predicted molar refractivity (Wildman–Crippen MR) is 123 cm³/mol. The van der Waals surface area contributed by atoms with E-state index in [4.69, 9.17) is 0 Å². The van der Waals surface area contributed by atoms with Crippen LogP contribution in [0.5, 0.6) is 0 Å². The Morgan fingerprint density at radius 2 is 1.96 bits per heavy atom. The molecule has 4 heteroatoms. The molecule has 0 N–H and O–H groups in total. The van der Waals surface area contributed by atoms with Crippen LogP contribution < -0.4 is 0 Å². The molecule has 7 unspecified atom stereocenters. The second-order valence-corrected chi connectivity index (χ2v) is 13.2. The molecule has 0 aromatic carbocycles. The molecule has 1 heterocycles. The molecular formula is C24H35NOS2. The smallest absolute Gasteiger partial charge is 0.116 e. The number of nitrogens with zero attached hydrogens (tertiary/aromatic N) is 1. The lowest BCUT2D eigenvalue weighted by Crippen LogP contribution is -2.50. The van der Waals surface area contributed by atoms with E-state index >= 15 is 0 Å². The zero-order valence-corrected chi connectivity index (χ0v) is 19.1. The van der Waals surface area contributed by atoms with Crippen molar-refractivity contribution in [2.45, 2.75) is 75.8 Å². The SMILES string of the molecule is CC12C=CCCC1=CCC1C2CCC2(C)C1CCC2C(N=O)C1SCCCS1. The van der Waals surface area contributed by atoms with Gasteiger partial charge in [-0.2, -0.15) is 4.91 Å². The van der Waals surface area contributed by atoms with Crippen LogP contribution in [-0.4, -0.2) is 22.1 Å². The van der Waals surface area contributed by atoms with E-state index in [9.17, 15) is 4.91 Å². The number of allylic oxidation sites excluding steroid dienone is 4. The van der Waals surface area contributed by atoms with Gasteiger partial charge in [0.2, 0.25) is 0 Å². The minimum absolute atomic E-state index is 0.0155. The number of nitroso groups, excluding NO2 is 1. The molecule has 5 rings (SSSR count). The largest absolute Gasteiger partial charge is 0.150 e. The summed E-state index contributed by atoms with van der Waals surface area (Å²) in [6, 6.07) is 0.0155. The molecule has 0 radical (unpaired) electrons. The van der Waals surface area contributed by atoms with Crippen molar-refractivity contribution in [2.75, 3.05) is 11.5 Å². The van der Waals surface area contributed by atoms with Gasteiger partial charge in [-0.15, -0.1) is 23.5 Å². The predicted octanol–water partition coefficient (Wildman–Crippen LogP) is 7.06. The Morgan fingerprint density at radius 1 is 1.14 bits per heavy atom. The van der Waals surface area contributed by atoms with E-state index in [0.29, 0.717) is 21.3 Å². The molecule has 28 heavy (non-hydrogen) atoms. The number of hydrogen-bond donors (Lipinski definition) is 0. The summed E-state index contributed by atoms with van der Waals surface area (Å²) < 4.78 is 0.404. The third-order valence-electron chi connectivity index (χ3n) is 9.32. The topological polar surface area (TPSA) is 29.4 Å². The maximum Gasteiger partial charge on any atom is 0.116 e. The van der Waals surface area contributed by atoms with Crippen molar-refractivity contribution in [2.24, 2.45) is 39.7 Å². The van der Waals surface area contributed by atoms with Crippen LogP contribution in [0.2, 0.25) is 0 Å². The van der Waals surface area contributed by atoms with Crippen molar-refractivity contribution in [3.63, 3.8) is 0 Å². The molecule has 2 nitrogen and oxygen atoms in total. The van der Waals surface area contributed by atoms with Crippen molar-refractivity contribution < 1.29 is 0 Å². The van der Waals surface area contributed by atoms with Gasteiger partial charge in [-0.05, 0) is 92.0 Å². The quantitative estimate of drug-likeness (QED) is 0.363. The van der Waals surface area contributed by atoms with E-state index < -0.39 is 0 Å². The van der Waals surface area contributed by atoms with Gasteiger partial charge in [0, 0.05) is 5.41 Å². The van der Waals surface area contributed by atoms with E-state index in [2.05, 4.69) is 37.3 Å². The Bertz CT molecular complexity index is 684. The van der Waals surface area contributed by atoms with E-state index in [1.54, 1.807) is 5.57 Å². The molecule has 5 aliphatic rings. The molecule has 1 aliphatic heterocycles. The fourth-order valence-electron chi connectivity index (χ4n) is 7.88. The van der Waals surface area contributed by atoms with E-state index in [1.165, 1.54) is 62.9 Å². The van der Waals surface area contributed by atoms with Gasteiger partial charge in [0.15, 0.2) is 0 Å². The van der Waals surface area contributed by atoms with E-state index in [-0.39, 0.29) is 6.04 Å². The lowest BCUT2D eigenvalue weighted by molar-refractivity contribution is -0.0263. The Labute approximate surface area is 179 Å². The monoisotopic (exact) mass is 417 g/mol. The van der Waals surface area contributed by atoms with Gasteiger partial charge in [0.05, 0.1) is 4.58 Å². The first-order valence-corrected chi connectivity index (χ1v) is 13.6. The summed E-state index contributed by atoms with van der Waals surface area (Å²) >= 11 is 4.02. The molecule has 0 amide bonds. The van der Waals surface area contributed by atoms with Crippen LogP contribution in [0.15, 0.2) is 29.0 Å². The maximum atomic E-state index is 12.0. The molecule has 4 aliphatic carbocycles. The average molecular weight is 418 g/mol. The van der Waals surface area contributed by atoms with E-state index in [0.717, 1.165) is 17.8 Å². The van der Waals surface area contributed by atoms with Crippen molar-refractivity contribution >= 4 is 23.5 Å². The summed E-state index contributed by atoms with van der Waals surface area (Å²) in [6.45, 7) is 5.06. The minimum atomic E-state index is 0.0155. The Morgan fingerprint density at radius 3 is 2.75 bits per heavy atom. The molecule has 0 bridgehead atoms. The van der Waals surface area contributed by atoms with Gasteiger partial charge >= 0.3 is 0 Å². The number of hydrogen-bond acceptors (Lipinski definition) is 4. The molecule has 0 aromatic rings. The third-order valence-corrected chi connectivity index (χ3v) is 12.4. The fraction of sp³-hybridized carbons (Fsp3) is 0.833. The zero-order chi connectivity index (χ0) is 19.4. The summed E-state index contributed by atoms with van der Waals surface area (Å²) in [5.74, 6) is 5.31. The molecule has 0 aromatic heterocycles. The maximum absolute atomic E-state index is 12.0. The first-order valence-electron chi connectivity index (χ1n) is 11.5. The molecule has 7 atom stereocenters. The van der Waals surface area contributed by atoms with Crippen LogP contribution in [0.4, 0.5) is 0 Å². The molecule has 154 valence electrons. The molecule has 2 saturated carbocycles. The molecular weight excluding hydrogens is 382 g/mol.